The summed E-state index contributed by atoms with van der Waals surface area (Å²) in [5, 5.41) is 0. The van der Waals surface area contributed by atoms with Gasteiger partial charge < -0.3 is 0 Å². The second kappa shape index (κ2) is 5.90. The maximum Gasteiger partial charge on any atom is 0.243 e. The van der Waals surface area contributed by atoms with Crippen molar-refractivity contribution in [3.05, 3.63) is 48.5 Å². The van der Waals surface area contributed by atoms with Gasteiger partial charge in [-0.05, 0) is 60.1 Å². The molecule has 0 aromatic heterocycles. The summed E-state index contributed by atoms with van der Waals surface area (Å²) >= 11 is 0. The first-order chi connectivity index (χ1) is 12.2. The molecular weight excluding hydrogens is 370 g/mol. The molecule has 5 nitrogen and oxygen atoms in total. The molecule has 7 heteroatoms. The van der Waals surface area contributed by atoms with Crippen molar-refractivity contribution < 1.29 is 16.8 Å². The monoisotopic (exact) mass is 391 g/mol. The lowest BCUT2D eigenvalue weighted by atomic mass is 10.1. The van der Waals surface area contributed by atoms with Gasteiger partial charge in [0, 0.05) is 19.3 Å². The Labute approximate surface area is 154 Å². The average molecular weight is 392 g/mol. The second-order valence-electron chi connectivity index (χ2n) is 7.41. The van der Waals surface area contributed by atoms with Gasteiger partial charge in [-0.25, -0.2) is 16.8 Å². The molecule has 26 heavy (non-hydrogen) atoms. The normalized spacial score (nSPS) is 19.7. The van der Waals surface area contributed by atoms with Crippen LogP contribution in [0.3, 0.4) is 0 Å². The van der Waals surface area contributed by atoms with Crippen LogP contribution in [0.25, 0.3) is 11.1 Å². The van der Waals surface area contributed by atoms with E-state index < -0.39 is 19.9 Å². The zero-order valence-electron chi connectivity index (χ0n) is 14.6. The molecule has 138 valence electrons. The molecule has 0 radical (unpaired) electrons. The van der Waals surface area contributed by atoms with Gasteiger partial charge in [0.15, 0.2) is 9.84 Å². The van der Waals surface area contributed by atoms with Crippen molar-refractivity contribution in [1.29, 1.82) is 0 Å². The highest BCUT2D eigenvalue weighted by Crippen LogP contribution is 2.53. The quantitative estimate of drug-likeness (QED) is 0.803. The first kappa shape index (κ1) is 17.7. The van der Waals surface area contributed by atoms with Crippen LogP contribution < -0.4 is 0 Å². The van der Waals surface area contributed by atoms with E-state index in [1.165, 1.54) is 0 Å². The van der Waals surface area contributed by atoms with Gasteiger partial charge in [-0.15, -0.1) is 0 Å². The standard InChI is InChI=1S/C19H21NO4S2/c1-25(21,22)17-7-5-15(6-8-17)16-3-2-4-18(13-16)26(23,24)20-12-11-19(14-20)9-10-19/h2-8,13H,9-12,14H2,1H3. The Hall–Kier alpha value is -1.70. The zero-order chi connectivity index (χ0) is 18.6. The van der Waals surface area contributed by atoms with Gasteiger partial charge in [-0.3, -0.25) is 0 Å². The lowest BCUT2D eigenvalue weighted by molar-refractivity contribution is 0.451. The number of hydrogen-bond donors (Lipinski definition) is 0. The number of sulfonamides is 1. The molecule has 0 atom stereocenters. The van der Waals surface area contributed by atoms with Crippen LogP contribution in [0.15, 0.2) is 58.3 Å². The first-order valence-electron chi connectivity index (χ1n) is 8.61. The van der Waals surface area contributed by atoms with Gasteiger partial charge >= 0.3 is 0 Å². The van der Waals surface area contributed by atoms with E-state index >= 15 is 0 Å². The molecule has 0 N–H and O–H groups in total. The number of rotatable bonds is 4. The van der Waals surface area contributed by atoms with E-state index in [4.69, 9.17) is 0 Å². The molecule has 1 aliphatic heterocycles. The molecule has 4 rings (SSSR count). The van der Waals surface area contributed by atoms with E-state index in [1.807, 2.05) is 6.07 Å². The summed E-state index contributed by atoms with van der Waals surface area (Å²) in [7, 11) is -6.75. The molecular formula is C19H21NO4S2. The van der Waals surface area contributed by atoms with Crippen LogP contribution >= 0.6 is 0 Å². The fourth-order valence-electron chi connectivity index (χ4n) is 3.56. The van der Waals surface area contributed by atoms with Crippen LogP contribution in [-0.4, -0.2) is 40.5 Å². The summed E-state index contributed by atoms with van der Waals surface area (Å²) in [5.41, 5.74) is 1.78. The van der Waals surface area contributed by atoms with Crippen LogP contribution in [0.1, 0.15) is 19.3 Å². The Morgan fingerprint density at radius 2 is 1.54 bits per heavy atom. The number of benzene rings is 2. The summed E-state index contributed by atoms with van der Waals surface area (Å²) in [4.78, 5) is 0.539. The Morgan fingerprint density at radius 3 is 2.12 bits per heavy atom. The summed E-state index contributed by atoms with van der Waals surface area (Å²) in [5.74, 6) is 0. The zero-order valence-corrected chi connectivity index (χ0v) is 16.2. The van der Waals surface area contributed by atoms with E-state index in [2.05, 4.69) is 0 Å². The molecule has 2 aromatic carbocycles. The molecule has 2 aliphatic rings. The number of sulfone groups is 1. The largest absolute Gasteiger partial charge is 0.243 e. The molecule has 1 aliphatic carbocycles. The SMILES string of the molecule is CS(=O)(=O)c1ccc(-c2cccc(S(=O)(=O)N3CCC4(CC4)C3)c2)cc1. The van der Waals surface area contributed by atoms with Gasteiger partial charge in [0.25, 0.3) is 0 Å². The molecule has 0 bridgehead atoms. The minimum absolute atomic E-state index is 0.242. The van der Waals surface area contributed by atoms with Crippen molar-refractivity contribution in [2.45, 2.75) is 29.1 Å². The van der Waals surface area contributed by atoms with Crippen LogP contribution in [0, 0.1) is 5.41 Å². The second-order valence-corrected chi connectivity index (χ2v) is 11.4. The smallest absolute Gasteiger partial charge is 0.224 e. The van der Waals surface area contributed by atoms with Gasteiger partial charge in [0.2, 0.25) is 10.0 Å². The van der Waals surface area contributed by atoms with Crippen LogP contribution in [-0.2, 0) is 19.9 Å². The van der Waals surface area contributed by atoms with Gasteiger partial charge in [0.05, 0.1) is 9.79 Å². The Kier molecular flexibility index (Phi) is 4.02. The summed E-state index contributed by atoms with van der Waals surface area (Å²) < 4.78 is 50.7. The third kappa shape index (κ3) is 3.19. The minimum atomic E-state index is -3.49. The molecule has 1 spiro atoms. The summed E-state index contributed by atoms with van der Waals surface area (Å²) in [6.45, 7) is 1.22. The van der Waals surface area contributed by atoms with E-state index in [-0.39, 0.29) is 10.3 Å². The Morgan fingerprint density at radius 1 is 0.846 bits per heavy atom. The van der Waals surface area contributed by atoms with Crippen LogP contribution in [0.2, 0.25) is 0 Å². The fraction of sp³-hybridized carbons (Fsp3) is 0.368. The summed E-state index contributed by atoms with van der Waals surface area (Å²) in [6, 6.07) is 13.4. The lowest BCUT2D eigenvalue weighted by Crippen LogP contribution is -2.29. The van der Waals surface area contributed by atoms with Crippen molar-refractivity contribution in [3.8, 4) is 11.1 Å². The van der Waals surface area contributed by atoms with Crippen molar-refractivity contribution >= 4 is 19.9 Å². The molecule has 2 fully saturated rings. The van der Waals surface area contributed by atoms with E-state index in [0.29, 0.717) is 18.0 Å². The van der Waals surface area contributed by atoms with E-state index in [1.54, 1.807) is 46.8 Å². The highest BCUT2D eigenvalue weighted by molar-refractivity contribution is 7.90. The van der Waals surface area contributed by atoms with Gasteiger partial charge in [0.1, 0.15) is 0 Å². The highest BCUT2D eigenvalue weighted by atomic mass is 32.2. The maximum atomic E-state index is 13.0. The molecule has 2 aromatic rings. The Bertz CT molecular complexity index is 1050. The van der Waals surface area contributed by atoms with Crippen molar-refractivity contribution in [2.24, 2.45) is 5.41 Å². The van der Waals surface area contributed by atoms with E-state index in [0.717, 1.165) is 36.6 Å². The minimum Gasteiger partial charge on any atom is -0.224 e. The lowest BCUT2D eigenvalue weighted by Gasteiger charge is -2.17. The van der Waals surface area contributed by atoms with Gasteiger partial charge in [-0.2, -0.15) is 4.31 Å². The number of nitrogens with zero attached hydrogens (tertiary/aromatic N) is 1. The van der Waals surface area contributed by atoms with Crippen LogP contribution in [0.4, 0.5) is 0 Å². The summed E-state index contributed by atoms with van der Waals surface area (Å²) in [6.07, 6.45) is 4.38. The highest BCUT2D eigenvalue weighted by Gasteiger charge is 2.50. The van der Waals surface area contributed by atoms with Crippen LogP contribution in [0.5, 0.6) is 0 Å². The average Bonchev–Trinajstić information content (AvgIpc) is 3.22. The molecule has 0 unspecified atom stereocenters. The molecule has 1 heterocycles. The first-order valence-corrected chi connectivity index (χ1v) is 11.9. The third-order valence-corrected chi connectivity index (χ3v) is 8.42. The van der Waals surface area contributed by atoms with Crippen molar-refractivity contribution in [1.82, 2.24) is 4.31 Å². The van der Waals surface area contributed by atoms with Crippen molar-refractivity contribution in [3.63, 3.8) is 0 Å². The molecule has 1 saturated heterocycles. The van der Waals surface area contributed by atoms with Crippen molar-refractivity contribution in [2.75, 3.05) is 19.3 Å². The molecule has 0 amide bonds. The predicted molar refractivity (Wildman–Crippen MR) is 100 cm³/mol. The third-order valence-electron chi connectivity index (χ3n) is 5.45. The predicted octanol–water partition coefficient (Wildman–Crippen LogP) is 2.93. The maximum absolute atomic E-state index is 13.0. The fourth-order valence-corrected chi connectivity index (χ4v) is 5.79. The molecule has 1 saturated carbocycles. The van der Waals surface area contributed by atoms with E-state index in [9.17, 15) is 16.8 Å². The van der Waals surface area contributed by atoms with Gasteiger partial charge in [-0.1, -0.05) is 24.3 Å². The Balaban J connectivity index is 1.64. The topological polar surface area (TPSA) is 71.5 Å². The number of hydrogen-bond acceptors (Lipinski definition) is 4.